The molecule has 4 rings (SSSR count). The summed E-state index contributed by atoms with van der Waals surface area (Å²) in [4.78, 5) is 14.7. The zero-order valence-corrected chi connectivity index (χ0v) is 11.0. The zero-order chi connectivity index (χ0) is 13.1. The summed E-state index contributed by atoms with van der Waals surface area (Å²) in [5, 5.41) is 0. The van der Waals surface area contributed by atoms with Gasteiger partial charge in [0.05, 0.1) is 6.10 Å². The number of ether oxygens (including phenoxy) is 1. The topological polar surface area (TPSA) is 29.5 Å². The van der Waals surface area contributed by atoms with Crippen molar-refractivity contribution in [2.24, 2.45) is 5.41 Å². The van der Waals surface area contributed by atoms with Crippen LogP contribution in [0.1, 0.15) is 18.9 Å². The second kappa shape index (κ2) is 3.48. The molecular weight excluding hydrogens is 238 g/mol. The van der Waals surface area contributed by atoms with Gasteiger partial charge in [-0.1, -0.05) is 43.3 Å². The number of carbonyl (C=O) groups is 1. The lowest BCUT2D eigenvalue weighted by Crippen LogP contribution is -2.43. The molecule has 1 amide bonds. The van der Waals surface area contributed by atoms with Crippen LogP contribution in [0.4, 0.5) is 0 Å². The van der Waals surface area contributed by atoms with Crippen molar-refractivity contribution in [3.05, 3.63) is 48.0 Å². The Labute approximate surface area is 112 Å². The van der Waals surface area contributed by atoms with Crippen LogP contribution in [-0.2, 0) is 16.1 Å². The van der Waals surface area contributed by atoms with E-state index in [1.54, 1.807) is 0 Å². The van der Waals surface area contributed by atoms with Gasteiger partial charge in [-0.3, -0.25) is 4.79 Å². The number of benzene rings is 1. The Morgan fingerprint density at radius 3 is 2.84 bits per heavy atom. The quantitative estimate of drug-likeness (QED) is 0.758. The SMILES string of the molecule is C[C@]12C[C@@H]3C=C[C@]1(O3)C(=O)N(Cc1ccccc1)C2. The average Bonchev–Trinajstić information content (AvgIpc) is 2.99. The summed E-state index contributed by atoms with van der Waals surface area (Å²) in [6.07, 6.45) is 5.15. The molecule has 3 atom stereocenters. The molecule has 3 heteroatoms. The van der Waals surface area contributed by atoms with Gasteiger partial charge in [-0.15, -0.1) is 0 Å². The second-order valence-electron chi connectivity index (χ2n) is 6.16. The van der Waals surface area contributed by atoms with Gasteiger partial charge in [0.1, 0.15) is 0 Å². The van der Waals surface area contributed by atoms with E-state index in [2.05, 4.69) is 19.1 Å². The maximum Gasteiger partial charge on any atom is 0.259 e. The summed E-state index contributed by atoms with van der Waals surface area (Å²) in [5.41, 5.74) is 0.444. The van der Waals surface area contributed by atoms with E-state index in [1.807, 2.05) is 35.3 Å². The van der Waals surface area contributed by atoms with E-state index in [-0.39, 0.29) is 17.4 Å². The van der Waals surface area contributed by atoms with Crippen LogP contribution in [0, 0.1) is 5.41 Å². The highest BCUT2D eigenvalue weighted by molar-refractivity contribution is 5.92. The lowest BCUT2D eigenvalue weighted by atomic mass is 9.72. The summed E-state index contributed by atoms with van der Waals surface area (Å²) in [7, 11) is 0. The van der Waals surface area contributed by atoms with Gasteiger partial charge < -0.3 is 9.64 Å². The Balaban J connectivity index is 1.64. The minimum absolute atomic E-state index is 0.0573. The zero-order valence-electron chi connectivity index (χ0n) is 11.0. The third-order valence-corrected chi connectivity index (χ3v) is 4.79. The van der Waals surface area contributed by atoms with Crippen molar-refractivity contribution in [2.75, 3.05) is 6.54 Å². The summed E-state index contributed by atoms with van der Waals surface area (Å²) in [5.74, 6) is 0.134. The molecule has 3 aliphatic heterocycles. The highest BCUT2D eigenvalue weighted by Gasteiger charge is 2.68. The summed E-state index contributed by atoms with van der Waals surface area (Å²) in [6, 6.07) is 10.2. The van der Waals surface area contributed by atoms with Crippen molar-refractivity contribution in [3.63, 3.8) is 0 Å². The first-order valence-corrected chi connectivity index (χ1v) is 6.83. The maximum absolute atomic E-state index is 12.7. The number of rotatable bonds is 2. The highest BCUT2D eigenvalue weighted by atomic mass is 16.5. The van der Waals surface area contributed by atoms with E-state index in [0.717, 1.165) is 13.0 Å². The smallest absolute Gasteiger partial charge is 0.259 e. The van der Waals surface area contributed by atoms with Gasteiger partial charge in [0.15, 0.2) is 5.60 Å². The molecule has 1 aromatic rings. The van der Waals surface area contributed by atoms with E-state index < -0.39 is 5.60 Å². The number of hydrogen-bond acceptors (Lipinski definition) is 2. The van der Waals surface area contributed by atoms with E-state index in [4.69, 9.17) is 4.74 Å². The van der Waals surface area contributed by atoms with Gasteiger partial charge >= 0.3 is 0 Å². The number of fused-ring (bicyclic) bond motifs is 1. The molecule has 0 radical (unpaired) electrons. The monoisotopic (exact) mass is 255 g/mol. The summed E-state index contributed by atoms with van der Waals surface area (Å²) in [6.45, 7) is 3.65. The van der Waals surface area contributed by atoms with Crippen LogP contribution in [-0.4, -0.2) is 29.1 Å². The molecule has 0 saturated carbocycles. The van der Waals surface area contributed by atoms with Crippen molar-refractivity contribution in [1.29, 1.82) is 0 Å². The Morgan fingerprint density at radius 1 is 1.37 bits per heavy atom. The van der Waals surface area contributed by atoms with Crippen LogP contribution in [0.3, 0.4) is 0 Å². The largest absolute Gasteiger partial charge is 0.353 e. The van der Waals surface area contributed by atoms with Gasteiger partial charge in [-0.2, -0.15) is 0 Å². The normalized spacial score (nSPS) is 39.1. The van der Waals surface area contributed by atoms with Gasteiger partial charge in [0.25, 0.3) is 5.91 Å². The molecule has 2 fully saturated rings. The molecule has 3 aliphatic rings. The number of nitrogens with zero attached hydrogens (tertiary/aromatic N) is 1. The van der Waals surface area contributed by atoms with Gasteiger partial charge in [0, 0.05) is 18.5 Å². The molecule has 0 N–H and O–H groups in total. The van der Waals surface area contributed by atoms with Crippen molar-refractivity contribution in [2.45, 2.75) is 31.6 Å². The molecule has 3 heterocycles. The molecule has 19 heavy (non-hydrogen) atoms. The van der Waals surface area contributed by atoms with Crippen LogP contribution in [0.25, 0.3) is 0 Å². The van der Waals surface area contributed by atoms with E-state index in [1.165, 1.54) is 5.56 Å². The number of carbonyl (C=O) groups excluding carboxylic acids is 1. The van der Waals surface area contributed by atoms with Crippen LogP contribution < -0.4 is 0 Å². The molecule has 0 unspecified atom stereocenters. The standard InChI is InChI=1S/C16H17NO2/c1-15-9-13-7-8-16(15,19-13)14(18)17(11-15)10-12-5-3-2-4-6-12/h2-8,13H,9-11H2,1H3/t13-,15+,16-/m0/s1. The number of amides is 1. The third kappa shape index (κ3) is 1.34. The molecule has 1 spiro atoms. The molecule has 1 aromatic carbocycles. The summed E-state index contributed by atoms with van der Waals surface area (Å²) >= 11 is 0. The fourth-order valence-corrected chi connectivity index (χ4v) is 3.83. The van der Waals surface area contributed by atoms with Gasteiger partial charge in [-0.25, -0.2) is 0 Å². The third-order valence-electron chi connectivity index (χ3n) is 4.79. The van der Waals surface area contributed by atoms with Crippen LogP contribution in [0.5, 0.6) is 0 Å². The first-order chi connectivity index (χ1) is 9.13. The highest BCUT2D eigenvalue weighted by Crippen LogP contribution is 2.56. The molecule has 2 bridgehead atoms. The lowest BCUT2D eigenvalue weighted by Gasteiger charge is -2.29. The fourth-order valence-electron chi connectivity index (χ4n) is 3.83. The Hall–Kier alpha value is -1.61. The van der Waals surface area contributed by atoms with Crippen LogP contribution >= 0.6 is 0 Å². The molecule has 2 saturated heterocycles. The van der Waals surface area contributed by atoms with Crippen LogP contribution in [0.2, 0.25) is 0 Å². The average molecular weight is 255 g/mol. The van der Waals surface area contributed by atoms with E-state index in [9.17, 15) is 4.79 Å². The fraction of sp³-hybridized carbons (Fsp3) is 0.438. The lowest BCUT2D eigenvalue weighted by molar-refractivity contribution is -0.143. The van der Waals surface area contributed by atoms with Crippen molar-refractivity contribution in [1.82, 2.24) is 4.90 Å². The van der Waals surface area contributed by atoms with Crippen LogP contribution in [0.15, 0.2) is 42.5 Å². The van der Waals surface area contributed by atoms with Gasteiger partial charge in [-0.05, 0) is 18.1 Å². The first-order valence-electron chi connectivity index (χ1n) is 6.83. The Bertz CT molecular complexity index is 567. The molecule has 3 nitrogen and oxygen atoms in total. The minimum atomic E-state index is -0.674. The van der Waals surface area contributed by atoms with Crippen molar-refractivity contribution < 1.29 is 9.53 Å². The summed E-state index contributed by atoms with van der Waals surface area (Å²) < 4.78 is 5.96. The van der Waals surface area contributed by atoms with Crippen molar-refractivity contribution >= 4 is 5.91 Å². The Kier molecular flexibility index (Phi) is 2.06. The van der Waals surface area contributed by atoms with Crippen molar-refractivity contribution in [3.8, 4) is 0 Å². The second-order valence-corrected chi connectivity index (χ2v) is 6.16. The predicted molar refractivity (Wildman–Crippen MR) is 71.3 cm³/mol. The number of hydrogen-bond donors (Lipinski definition) is 0. The maximum atomic E-state index is 12.7. The Morgan fingerprint density at radius 2 is 2.16 bits per heavy atom. The molecule has 0 aliphatic carbocycles. The number of likely N-dealkylation sites (tertiary alicyclic amines) is 1. The predicted octanol–water partition coefficient (Wildman–Crippen LogP) is 2.13. The first kappa shape index (κ1) is 11.2. The minimum Gasteiger partial charge on any atom is -0.353 e. The van der Waals surface area contributed by atoms with Gasteiger partial charge in [0.2, 0.25) is 0 Å². The molecule has 0 aromatic heterocycles. The van der Waals surface area contributed by atoms with E-state index >= 15 is 0 Å². The molecular formula is C16H17NO2. The van der Waals surface area contributed by atoms with E-state index in [0.29, 0.717) is 6.54 Å². The molecule has 98 valence electrons.